The summed E-state index contributed by atoms with van der Waals surface area (Å²) in [6.45, 7) is 3.63. The fraction of sp³-hybridized carbons (Fsp3) is 0.435. The van der Waals surface area contributed by atoms with Crippen molar-refractivity contribution in [3.8, 4) is 0 Å². The maximum Gasteiger partial charge on any atom is 0.226 e. The topological polar surface area (TPSA) is 53.5 Å². The van der Waals surface area contributed by atoms with Gasteiger partial charge < -0.3 is 9.80 Å². The molecule has 0 bridgehead atoms. The van der Waals surface area contributed by atoms with Gasteiger partial charge in [0.05, 0.1) is 6.04 Å². The monoisotopic (exact) mass is 429 g/mol. The number of benzene rings is 1. The lowest BCUT2D eigenvalue weighted by Gasteiger charge is -2.44. The largest absolute Gasteiger partial charge is 0.352 e. The van der Waals surface area contributed by atoms with Gasteiger partial charge in [0.15, 0.2) is 0 Å². The van der Waals surface area contributed by atoms with E-state index < -0.39 is 9.52 Å². The summed E-state index contributed by atoms with van der Waals surface area (Å²) >= 11 is 0. The summed E-state index contributed by atoms with van der Waals surface area (Å²) in [7, 11) is -2.05. The number of hydrogen-bond donors (Lipinski definition) is 0. The standard InChI is InChI=1S/C23H28FN3O2S/c1-17-7-8-22(25-15-17)26-11-12-27(21(16-26)19-5-3-4-6-20(19)24)23(28)18-9-13-30(2,29)14-10-18/h3-8,15,18,21H,2,9-14,16H2,1H3. The Morgan fingerprint density at radius 1 is 1.17 bits per heavy atom. The summed E-state index contributed by atoms with van der Waals surface area (Å²) in [5.41, 5.74) is 1.61. The summed E-state index contributed by atoms with van der Waals surface area (Å²) in [4.78, 5) is 21.9. The van der Waals surface area contributed by atoms with Crippen molar-refractivity contribution in [3.63, 3.8) is 0 Å². The number of carbonyl (C=O) groups excluding carboxylic acids is 1. The molecular weight excluding hydrogens is 401 g/mol. The highest BCUT2D eigenvalue weighted by Gasteiger charge is 2.37. The Bertz CT molecular complexity index is 1010. The smallest absolute Gasteiger partial charge is 0.226 e. The number of aryl methyl sites for hydroxylation is 1. The molecule has 5 nitrogen and oxygen atoms in total. The molecule has 1 aromatic heterocycles. The third kappa shape index (κ3) is 4.36. The number of carbonyl (C=O) groups is 1. The van der Waals surface area contributed by atoms with Crippen molar-refractivity contribution in [1.29, 1.82) is 0 Å². The van der Waals surface area contributed by atoms with Gasteiger partial charge in [0.25, 0.3) is 0 Å². The number of piperazine rings is 1. The first kappa shape index (κ1) is 20.8. The lowest BCUT2D eigenvalue weighted by atomic mass is 9.96. The number of nitrogens with zero attached hydrogens (tertiary/aromatic N) is 3. The Morgan fingerprint density at radius 2 is 1.90 bits per heavy atom. The van der Waals surface area contributed by atoms with E-state index in [4.69, 9.17) is 0 Å². The zero-order valence-corrected chi connectivity index (χ0v) is 18.1. The highest BCUT2D eigenvalue weighted by Crippen LogP contribution is 2.32. The summed E-state index contributed by atoms with van der Waals surface area (Å²) < 4.78 is 26.9. The zero-order chi connectivity index (χ0) is 21.3. The first-order valence-electron chi connectivity index (χ1n) is 10.4. The quantitative estimate of drug-likeness (QED) is 0.704. The van der Waals surface area contributed by atoms with E-state index in [0.717, 1.165) is 11.4 Å². The maximum atomic E-state index is 14.7. The second-order valence-electron chi connectivity index (χ2n) is 8.36. The van der Waals surface area contributed by atoms with E-state index in [1.54, 1.807) is 12.1 Å². The van der Waals surface area contributed by atoms with Crippen LogP contribution in [-0.2, 0) is 14.3 Å². The first-order valence-corrected chi connectivity index (χ1v) is 12.5. The van der Waals surface area contributed by atoms with Crippen molar-refractivity contribution in [2.75, 3.05) is 36.0 Å². The van der Waals surface area contributed by atoms with Crippen molar-refractivity contribution in [3.05, 3.63) is 59.5 Å². The van der Waals surface area contributed by atoms with Crippen LogP contribution in [0.1, 0.15) is 30.0 Å². The summed E-state index contributed by atoms with van der Waals surface area (Å²) in [5, 5.41) is 0. The summed E-state index contributed by atoms with van der Waals surface area (Å²) in [6.07, 6.45) is 3.00. The van der Waals surface area contributed by atoms with E-state index in [1.165, 1.54) is 6.07 Å². The molecular formula is C23H28FN3O2S. The number of halogens is 1. The van der Waals surface area contributed by atoms with Crippen molar-refractivity contribution in [2.45, 2.75) is 25.8 Å². The second-order valence-corrected chi connectivity index (χ2v) is 11.1. The average molecular weight is 430 g/mol. The average Bonchev–Trinajstić information content (AvgIpc) is 2.74. The molecule has 30 heavy (non-hydrogen) atoms. The van der Waals surface area contributed by atoms with Gasteiger partial charge in [-0.3, -0.25) is 9.00 Å². The van der Waals surface area contributed by atoms with E-state index in [1.807, 2.05) is 36.2 Å². The number of anilines is 1. The van der Waals surface area contributed by atoms with Crippen LogP contribution in [0.5, 0.6) is 0 Å². The third-order valence-electron chi connectivity index (χ3n) is 6.17. The third-order valence-corrected chi connectivity index (χ3v) is 8.13. The van der Waals surface area contributed by atoms with Crippen LogP contribution in [0.4, 0.5) is 10.2 Å². The van der Waals surface area contributed by atoms with Gasteiger partial charge in [-0.1, -0.05) is 24.3 Å². The molecule has 2 aliphatic heterocycles. The van der Waals surface area contributed by atoms with E-state index in [2.05, 4.69) is 15.8 Å². The van der Waals surface area contributed by atoms with Crippen molar-refractivity contribution in [2.24, 2.45) is 5.92 Å². The van der Waals surface area contributed by atoms with Gasteiger partial charge in [-0.25, -0.2) is 9.37 Å². The van der Waals surface area contributed by atoms with Crippen LogP contribution >= 0.6 is 0 Å². The predicted molar refractivity (Wildman–Crippen MR) is 120 cm³/mol. The molecule has 0 spiro atoms. The predicted octanol–water partition coefficient (Wildman–Crippen LogP) is 3.05. The van der Waals surface area contributed by atoms with Crippen LogP contribution in [0, 0.1) is 18.7 Å². The van der Waals surface area contributed by atoms with Crippen LogP contribution in [-0.4, -0.2) is 57.0 Å². The van der Waals surface area contributed by atoms with Crippen LogP contribution in [0.15, 0.2) is 42.6 Å². The van der Waals surface area contributed by atoms with Crippen LogP contribution < -0.4 is 4.90 Å². The number of pyridine rings is 1. The minimum absolute atomic E-state index is 0.0367. The van der Waals surface area contributed by atoms with Crippen LogP contribution in [0.2, 0.25) is 0 Å². The Hall–Kier alpha value is -2.41. The number of hydrogen-bond acceptors (Lipinski definition) is 4. The molecule has 7 heteroatoms. The minimum Gasteiger partial charge on any atom is -0.352 e. The molecule has 1 aromatic carbocycles. The zero-order valence-electron chi connectivity index (χ0n) is 17.3. The van der Waals surface area contributed by atoms with Crippen LogP contribution in [0.3, 0.4) is 0 Å². The SMILES string of the molecule is C=S1(=O)CCC(C(=O)N2CCN(c3ccc(C)cn3)CC2c2ccccc2F)CC1. The molecule has 2 aromatic rings. The molecule has 0 radical (unpaired) electrons. The minimum atomic E-state index is -2.05. The van der Waals surface area contributed by atoms with Gasteiger partial charge >= 0.3 is 0 Å². The van der Waals surface area contributed by atoms with Crippen molar-refractivity contribution < 1.29 is 13.4 Å². The molecule has 0 N–H and O–H groups in total. The Morgan fingerprint density at radius 3 is 2.57 bits per heavy atom. The van der Waals surface area contributed by atoms with E-state index in [0.29, 0.717) is 49.5 Å². The lowest BCUT2D eigenvalue weighted by Crippen LogP contribution is -2.53. The number of rotatable bonds is 3. The van der Waals surface area contributed by atoms with E-state index >= 15 is 0 Å². The Balaban J connectivity index is 1.60. The van der Waals surface area contributed by atoms with Crippen LogP contribution in [0.25, 0.3) is 0 Å². The fourth-order valence-corrected chi connectivity index (χ4v) is 5.99. The molecule has 2 aliphatic rings. The Labute approximate surface area is 177 Å². The molecule has 160 valence electrons. The van der Waals surface area contributed by atoms with Gasteiger partial charge in [0.1, 0.15) is 11.6 Å². The maximum absolute atomic E-state index is 14.7. The molecule has 1 amide bonds. The van der Waals surface area contributed by atoms with Crippen molar-refractivity contribution in [1.82, 2.24) is 9.88 Å². The van der Waals surface area contributed by atoms with Gasteiger partial charge in [0.2, 0.25) is 5.91 Å². The summed E-state index contributed by atoms with van der Waals surface area (Å²) in [6, 6.07) is 10.3. The second kappa shape index (κ2) is 8.38. The Kier molecular flexibility index (Phi) is 5.82. The van der Waals surface area contributed by atoms with Gasteiger partial charge in [0, 0.05) is 48.8 Å². The molecule has 4 rings (SSSR count). The van der Waals surface area contributed by atoms with E-state index in [-0.39, 0.29) is 23.7 Å². The molecule has 2 fully saturated rings. The molecule has 0 saturated carbocycles. The molecule has 2 saturated heterocycles. The molecule has 1 unspecified atom stereocenters. The first-order chi connectivity index (χ1) is 14.3. The van der Waals surface area contributed by atoms with E-state index in [9.17, 15) is 13.4 Å². The highest BCUT2D eigenvalue weighted by molar-refractivity contribution is 8.00. The fourth-order valence-electron chi connectivity index (χ4n) is 4.36. The van der Waals surface area contributed by atoms with Crippen molar-refractivity contribution >= 4 is 27.1 Å². The lowest BCUT2D eigenvalue weighted by molar-refractivity contribution is -0.138. The van der Waals surface area contributed by atoms with Gasteiger partial charge in [-0.15, -0.1) is 0 Å². The number of amides is 1. The van der Waals surface area contributed by atoms with Gasteiger partial charge in [-0.2, -0.15) is 0 Å². The molecule has 0 aliphatic carbocycles. The highest BCUT2D eigenvalue weighted by atomic mass is 32.2. The number of aromatic nitrogens is 1. The molecule has 3 heterocycles. The normalized spacial score (nSPS) is 27.1. The van der Waals surface area contributed by atoms with Gasteiger partial charge in [-0.05, 0) is 52.9 Å². The summed E-state index contributed by atoms with van der Waals surface area (Å²) in [5.74, 6) is 5.18. The molecule has 1 atom stereocenters.